The molecule has 0 rings (SSSR count). The van der Waals surface area contributed by atoms with Crippen molar-refractivity contribution >= 4 is 26.7 Å². The molecule has 0 radical (unpaired) electrons. The molecule has 0 saturated carbocycles. The van der Waals surface area contributed by atoms with Crippen LogP contribution in [0.1, 0.15) is 20.8 Å². The zero-order valence-corrected chi connectivity index (χ0v) is 8.02. The van der Waals surface area contributed by atoms with Crippen LogP contribution in [0, 0.1) is 5.41 Å². The molecule has 0 spiro atoms. The summed E-state index contributed by atoms with van der Waals surface area (Å²) >= 11 is -0.0610. The van der Waals surface area contributed by atoms with E-state index in [0.29, 0.717) is 5.41 Å². The minimum absolute atomic E-state index is 0.0610. The molecule has 0 heterocycles. The molecular weight excluding hydrogens is 124 g/mol. The molecule has 0 aromatic rings. The predicted molar refractivity (Wildman–Crippen MR) is 40.9 cm³/mol. The molecule has 1 nitrogen and oxygen atoms in total. The van der Waals surface area contributed by atoms with Gasteiger partial charge in [-0.25, -0.2) is 0 Å². The van der Waals surface area contributed by atoms with Crippen molar-refractivity contribution in [1.82, 2.24) is 0 Å². The first-order valence-corrected chi connectivity index (χ1v) is 5.50. The Morgan fingerprint density at radius 2 is 2.00 bits per heavy atom. The number of hydrogen-bond donors (Lipinski definition) is 0. The number of aldehydes is 1. The van der Waals surface area contributed by atoms with E-state index >= 15 is 0 Å². The van der Waals surface area contributed by atoms with E-state index in [1.54, 1.807) is 0 Å². The summed E-state index contributed by atoms with van der Waals surface area (Å²) in [7, 11) is 0. The largest absolute Gasteiger partial charge is 0.375 e. The standard InChI is InChI=1S/C5H11.C2H3O.Mg/c1-5(2,3)4;1-2-3;/h1H2,2-4H3;2H,1H2;. The highest BCUT2D eigenvalue weighted by Gasteiger charge is 2.09. The minimum Gasteiger partial charge on any atom is -0.306 e. The third-order valence-corrected chi connectivity index (χ3v) is 3.75. The lowest BCUT2D eigenvalue weighted by Crippen LogP contribution is -2.08. The van der Waals surface area contributed by atoms with Gasteiger partial charge in [0.2, 0.25) is 0 Å². The SMILES string of the molecule is CC(C)(C)[CH2][Mg][CH2]C=O. The van der Waals surface area contributed by atoms with Gasteiger partial charge in [-0.2, -0.15) is 0 Å². The van der Waals surface area contributed by atoms with Crippen molar-refractivity contribution in [1.29, 1.82) is 0 Å². The average Bonchev–Trinajstić information content (AvgIpc) is 1.63. The van der Waals surface area contributed by atoms with Crippen LogP contribution in [0.25, 0.3) is 0 Å². The van der Waals surface area contributed by atoms with Gasteiger partial charge in [0.25, 0.3) is 0 Å². The van der Waals surface area contributed by atoms with Gasteiger partial charge in [0.1, 0.15) is 0 Å². The van der Waals surface area contributed by atoms with Crippen molar-refractivity contribution in [2.75, 3.05) is 0 Å². The molecule has 0 amide bonds. The molecule has 0 aliphatic heterocycles. The Hall–Kier alpha value is 0.436. The molecule has 0 aliphatic carbocycles. The highest BCUT2D eigenvalue weighted by molar-refractivity contribution is 6.39. The molecule has 0 fully saturated rings. The lowest BCUT2D eigenvalue weighted by molar-refractivity contribution is -0.106. The lowest BCUT2D eigenvalue weighted by Gasteiger charge is -2.16. The zero-order valence-electron chi connectivity index (χ0n) is 6.61. The van der Waals surface area contributed by atoms with E-state index in [0.717, 1.165) is 10.8 Å². The molecule has 0 aromatic carbocycles. The Morgan fingerprint density at radius 3 is 2.33 bits per heavy atom. The van der Waals surface area contributed by atoms with Gasteiger partial charge in [-0.1, -0.05) is 30.7 Å². The number of carbonyl (C=O) groups is 1. The van der Waals surface area contributed by atoms with E-state index in [2.05, 4.69) is 20.8 Å². The van der Waals surface area contributed by atoms with E-state index in [4.69, 9.17) is 0 Å². The molecule has 0 saturated heterocycles. The molecule has 50 valence electrons. The Morgan fingerprint density at radius 1 is 1.44 bits per heavy atom. The van der Waals surface area contributed by atoms with Crippen LogP contribution < -0.4 is 0 Å². The van der Waals surface area contributed by atoms with Crippen LogP contribution in [-0.2, 0) is 4.79 Å². The Bertz CT molecular complexity index is 83.4. The summed E-state index contributed by atoms with van der Waals surface area (Å²) in [5, 5.41) is 0. The van der Waals surface area contributed by atoms with Gasteiger partial charge in [-0.05, 0) is 0 Å². The summed E-state index contributed by atoms with van der Waals surface area (Å²) < 4.78 is 2.14. The summed E-state index contributed by atoms with van der Waals surface area (Å²) in [6.45, 7) is 6.68. The van der Waals surface area contributed by atoms with Gasteiger partial charge in [-0.15, -0.1) is 4.55 Å². The van der Waals surface area contributed by atoms with Gasteiger partial charge in [0, 0.05) is 0 Å². The van der Waals surface area contributed by atoms with Crippen LogP contribution in [0.15, 0.2) is 0 Å². The molecule has 9 heavy (non-hydrogen) atoms. The van der Waals surface area contributed by atoms with Crippen molar-refractivity contribution in [2.45, 2.75) is 29.9 Å². The highest BCUT2D eigenvalue weighted by Crippen LogP contribution is 2.18. The third kappa shape index (κ3) is 8.44. The molecule has 0 aliphatic rings. The van der Waals surface area contributed by atoms with E-state index in [-0.39, 0.29) is 20.4 Å². The number of rotatable bonds is 3. The maximum Gasteiger partial charge on any atom is 0.375 e. The number of hydrogen-bond acceptors (Lipinski definition) is 1. The quantitative estimate of drug-likeness (QED) is 0.330. The first kappa shape index (κ1) is 9.44. The van der Waals surface area contributed by atoms with Crippen LogP contribution in [0.5, 0.6) is 0 Å². The molecule has 0 unspecified atom stereocenters. The average molecular weight is 138 g/mol. The molecule has 2 heteroatoms. The van der Waals surface area contributed by atoms with Gasteiger partial charge in [-0.3, -0.25) is 0 Å². The maximum atomic E-state index is 9.93. The van der Waals surface area contributed by atoms with Gasteiger partial charge >= 0.3 is 20.4 Å². The minimum atomic E-state index is -0.0610. The maximum absolute atomic E-state index is 9.93. The van der Waals surface area contributed by atoms with Gasteiger partial charge in [0.15, 0.2) is 0 Å². The van der Waals surface area contributed by atoms with Crippen LogP contribution in [0.2, 0.25) is 9.10 Å². The van der Waals surface area contributed by atoms with E-state index in [1.807, 2.05) is 0 Å². The predicted octanol–water partition coefficient (Wildman–Crippen LogP) is 1.77. The Balaban J connectivity index is 3.17. The molecule has 0 bridgehead atoms. The normalized spacial score (nSPS) is 10.6. The second kappa shape index (κ2) is 4.28. The monoisotopic (exact) mass is 138 g/mol. The van der Waals surface area contributed by atoms with Crippen LogP contribution in [-0.4, -0.2) is 26.7 Å². The fraction of sp³-hybridized carbons (Fsp3) is 0.857. The van der Waals surface area contributed by atoms with E-state index in [1.165, 1.54) is 4.55 Å². The van der Waals surface area contributed by atoms with Crippen molar-refractivity contribution in [3.63, 3.8) is 0 Å². The highest BCUT2D eigenvalue weighted by atomic mass is 24.5. The van der Waals surface area contributed by atoms with Crippen LogP contribution in [0.3, 0.4) is 0 Å². The second-order valence-electron chi connectivity index (χ2n) is 3.62. The number of carbonyl (C=O) groups excluding carboxylic acids is 1. The molecule has 0 N–H and O–H groups in total. The first-order valence-electron chi connectivity index (χ1n) is 3.50. The summed E-state index contributed by atoms with van der Waals surface area (Å²) in [5.41, 5.74) is 0.454. The first-order chi connectivity index (χ1) is 4.06. The van der Waals surface area contributed by atoms with Crippen molar-refractivity contribution in [2.24, 2.45) is 5.41 Å². The van der Waals surface area contributed by atoms with E-state index in [9.17, 15) is 4.79 Å². The van der Waals surface area contributed by atoms with Gasteiger partial charge in [0.05, 0.1) is 6.29 Å². The summed E-state index contributed by atoms with van der Waals surface area (Å²) in [4.78, 5) is 9.93. The topological polar surface area (TPSA) is 17.1 Å². The summed E-state index contributed by atoms with van der Waals surface area (Å²) in [6, 6.07) is 0. The lowest BCUT2D eigenvalue weighted by atomic mass is 10.0. The van der Waals surface area contributed by atoms with Gasteiger partial charge < -0.3 is 4.79 Å². The summed E-state index contributed by atoms with van der Waals surface area (Å²) in [6.07, 6.45) is 1.05. The van der Waals surface area contributed by atoms with Crippen molar-refractivity contribution in [3.8, 4) is 0 Å². The third-order valence-electron chi connectivity index (χ3n) is 1.25. The molecule has 0 aromatic heterocycles. The fourth-order valence-electron chi connectivity index (χ4n) is 0.716. The molecule has 0 atom stereocenters. The Labute approximate surface area is 66.9 Å². The molecular formula is C7H14MgO. The van der Waals surface area contributed by atoms with Crippen LogP contribution >= 0.6 is 0 Å². The van der Waals surface area contributed by atoms with E-state index < -0.39 is 0 Å². The summed E-state index contributed by atoms with van der Waals surface area (Å²) in [5.74, 6) is 0. The zero-order chi connectivity index (χ0) is 7.33. The second-order valence-corrected chi connectivity index (χ2v) is 5.40. The Kier molecular flexibility index (Phi) is 4.49. The van der Waals surface area contributed by atoms with Crippen molar-refractivity contribution in [3.05, 3.63) is 0 Å². The fourth-order valence-corrected chi connectivity index (χ4v) is 2.15. The van der Waals surface area contributed by atoms with Crippen molar-refractivity contribution < 1.29 is 4.79 Å². The van der Waals surface area contributed by atoms with Crippen LogP contribution in [0.4, 0.5) is 0 Å². The smallest absolute Gasteiger partial charge is 0.306 e.